The summed E-state index contributed by atoms with van der Waals surface area (Å²) in [5, 5.41) is 13.0. The van der Waals surface area contributed by atoms with Crippen molar-refractivity contribution in [3.63, 3.8) is 0 Å². The number of fused-ring (bicyclic) bond motifs is 2. The van der Waals surface area contributed by atoms with E-state index in [1.54, 1.807) is 30.3 Å². The molecule has 2 aromatic rings. The van der Waals surface area contributed by atoms with E-state index in [4.69, 9.17) is 9.47 Å². The van der Waals surface area contributed by atoms with Gasteiger partial charge in [0.25, 0.3) is 0 Å². The third-order valence-electron chi connectivity index (χ3n) is 6.69. The van der Waals surface area contributed by atoms with Gasteiger partial charge < -0.3 is 14.6 Å². The number of imide groups is 1. The maximum atomic E-state index is 13.5. The molecule has 5 rings (SSSR count). The summed E-state index contributed by atoms with van der Waals surface area (Å²) in [6.45, 7) is 3.67. The molecule has 3 heterocycles. The van der Waals surface area contributed by atoms with Crippen LogP contribution >= 0.6 is 0 Å². The summed E-state index contributed by atoms with van der Waals surface area (Å²) >= 11 is 0. The number of anilines is 1. The van der Waals surface area contributed by atoms with Gasteiger partial charge in [-0.2, -0.15) is 0 Å². The minimum absolute atomic E-state index is 0.140. The molecule has 33 heavy (non-hydrogen) atoms. The Morgan fingerprint density at radius 1 is 1.03 bits per heavy atom. The SMILES string of the molecule is CC(=O)c1ccc(N2C(=O)C3C(c4ccc5c(c4)OCCO5)NC(C)(C(=O)O)C3C2=O)cc1. The first-order valence-corrected chi connectivity index (χ1v) is 10.6. The second-order valence-electron chi connectivity index (χ2n) is 8.65. The van der Waals surface area contributed by atoms with E-state index < -0.39 is 41.2 Å². The Bertz CT molecular complexity index is 1190. The molecule has 4 atom stereocenters. The number of nitrogens with zero attached hydrogens (tertiary/aromatic N) is 1. The van der Waals surface area contributed by atoms with E-state index >= 15 is 0 Å². The van der Waals surface area contributed by atoms with Gasteiger partial charge in [-0.25, -0.2) is 4.90 Å². The molecule has 170 valence electrons. The number of carboxylic acid groups (broad SMARTS) is 1. The molecular formula is C24H22N2O7. The highest BCUT2D eigenvalue weighted by atomic mass is 16.6. The zero-order valence-corrected chi connectivity index (χ0v) is 18.0. The van der Waals surface area contributed by atoms with Gasteiger partial charge in [0.1, 0.15) is 18.8 Å². The molecule has 0 spiro atoms. The number of hydrogen-bond acceptors (Lipinski definition) is 7. The molecule has 9 heteroatoms. The Morgan fingerprint density at radius 2 is 1.70 bits per heavy atom. The summed E-state index contributed by atoms with van der Waals surface area (Å²) in [4.78, 5) is 51.9. The highest BCUT2D eigenvalue weighted by molar-refractivity contribution is 6.24. The number of rotatable bonds is 4. The Morgan fingerprint density at radius 3 is 2.33 bits per heavy atom. The minimum atomic E-state index is -1.65. The van der Waals surface area contributed by atoms with Crippen LogP contribution in [0.2, 0.25) is 0 Å². The summed E-state index contributed by atoms with van der Waals surface area (Å²) in [6.07, 6.45) is 0. The molecule has 0 radical (unpaired) electrons. The molecule has 0 aliphatic carbocycles. The summed E-state index contributed by atoms with van der Waals surface area (Å²) in [5.74, 6) is -3.37. The number of carboxylic acids is 1. The molecule has 9 nitrogen and oxygen atoms in total. The molecule has 2 N–H and O–H groups in total. The first kappa shape index (κ1) is 21.1. The maximum Gasteiger partial charge on any atom is 0.324 e. The summed E-state index contributed by atoms with van der Waals surface area (Å²) in [5.41, 5.74) is -0.264. The van der Waals surface area contributed by atoms with Gasteiger partial charge in [-0.3, -0.25) is 24.5 Å². The van der Waals surface area contributed by atoms with Crippen molar-refractivity contribution in [3.8, 4) is 11.5 Å². The first-order valence-electron chi connectivity index (χ1n) is 10.6. The smallest absolute Gasteiger partial charge is 0.324 e. The number of benzene rings is 2. The molecule has 2 aromatic carbocycles. The van der Waals surface area contributed by atoms with Crippen molar-refractivity contribution in [1.82, 2.24) is 5.32 Å². The topological polar surface area (TPSA) is 122 Å². The Hall–Kier alpha value is -3.72. The molecule has 0 saturated carbocycles. The molecule has 2 saturated heterocycles. The fourth-order valence-corrected chi connectivity index (χ4v) is 4.98. The van der Waals surface area contributed by atoms with Crippen molar-refractivity contribution in [1.29, 1.82) is 0 Å². The molecule has 3 aliphatic heterocycles. The van der Waals surface area contributed by atoms with Gasteiger partial charge in [0, 0.05) is 11.6 Å². The van der Waals surface area contributed by atoms with Crippen LogP contribution in [0.5, 0.6) is 11.5 Å². The number of hydrogen-bond donors (Lipinski definition) is 2. The average Bonchev–Trinajstić information content (AvgIpc) is 3.27. The standard InChI is InChI=1S/C24H22N2O7/c1-12(27)13-3-6-15(7-4-13)26-21(28)18-19(22(26)29)24(2,23(30)31)25-20(18)14-5-8-16-17(11-14)33-10-9-32-16/h3-8,11,18-20,25H,9-10H2,1-2H3,(H,30,31). The molecular weight excluding hydrogens is 428 g/mol. The number of ketones is 1. The lowest BCUT2D eigenvalue weighted by atomic mass is 9.80. The van der Waals surface area contributed by atoms with E-state index in [1.165, 1.54) is 26.0 Å². The summed E-state index contributed by atoms with van der Waals surface area (Å²) < 4.78 is 11.2. The lowest BCUT2D eigenvalue weighted by Crippen LogP contribution is -2.53. The second kappa shape index (κ2) is 7.41. The Kier molecular flexibility index (Phi) is 4.75. The van der Waals surface area contributed by atoms with Crippen molar-refractivity contribution < 1.29 is 33.8 Å². The molecule has 3 aliphatic rings. The monoisotopic (exact) mass is 450 g/mol. The number of Topliss-reactive ketones (excluding diaryl/α,β-unsaturated/α-hetero) is 1. The highest BCUT2D eigenvalue weighted by Gasteiger charge is 2.67. The van der Waals surface area contributed by atoms with E-state index in [2.05, 4.69) is 5.32 Å². The number of ether oxygens (including phenoxy) is 2. The lowest BCUT2D eigenvalue weighted by Gasteiger charge is -2.27. The van der Waals surface area contributed by atoms with Gasteiger partial charge in [-0.05, 0) is 55.8 Å². The predicted octanol–water partition coefficient (Wildman–Crippen LogP) is 1.95. The third kappa shape index (κ3) is 3.11. The fraction of sp³-hybridized carbons (Fsp3) is 0.333. The second-order valence-corrected chi connectivity index (χ2v) is 8.65. The van der Waals surface area contributed by atoms with Crippen molar-refractivity contribution in [3.05, 3.63) is 53.6 Å². The van der Waals surface area contributed by atoms with Crippen molar-refractivity contribution in [2.75, 3.05) is 18.1 Å². The fourth-order valence-electron chi connectivity index (χ4n) is 4.98. The van der Waals surface area contributed by atoms with Gasteiger partial charge in [0.2, 0.25) is 11.8 Å². The zero-order chi connectivity index (χ0) is 23.5. The van der Waals surface area contributed by atoms with Crippen LogP contribution in [0, 0.1) is 11.8 Å². The highest BCUT2D eigenvalue weighted by Crippen LogP contribution is 2.50. The van der Waals surface area contributed by atoms with Crippen molar-refractivity contribution >= 4 is 29.3 Å². The van der Waals surface area contributed by atoms with Crippen molar-refractivity contribution in [2.45, 2.75) is 25.4 Å². The Balaban J connectivity index is 1.56. The molecule has 0 aromatic heterocycles. The van der Waals surface area contributed by atoms with Gasteiger partial charge in [0.15, 0.2) is 17.3 Å². The van der Waals surface area contributed by atoms with Crippen LogP contribution in [-0.4, -0.2) is 47.4 Å². The van der Waals surface area contributed by atoms with Crippen LogP contribution in [0.1, 0.15) is 35.8 Å². The summed E-state index contributed by atoms with van der Waals surface area (Å²) in [6, 6.07) is 10.6. The average molecular weight is 450 g/mol. The molecule has 2 amide bonds. The van der Waals surface area contributed by atoms with E-state index in [0.717, 1.165) is 4.90 Å². The summed E-state index contributed by atoms with van der Waals surface area (Å²) in [7, 11) is 0. The van der Waals surface area contributed by atoms with Gasteiger partial charge in [-0.1, -0.05) is 6.07 Å². The third-order valence-corrected chi connectivity index (χ3v) is 6.69. The van der Waals surface area contributed by atoms with Crippen LogP contribution < -0.4 is 19.7 Å². The normalized spacial score (nSPS) is 28.1. The van der Waals surface area contributed by atoms with Crippen LogP contribution in [0.3, 0.4) is 0 Å². The number of carbonyl (C=O) groups is 4. The first-order chi connectivity index (χ1) is 15.7. The number of carbonyl (C=O) groups excluding carboxylic acids is 3. The van der Waals surface area contributed by atoms with Crippen LogP contribution in [0.4, 0.5) is 5.69 Å². The zero-order valence-electron chi connectivity index (χ0n) is 18.0. The number of aliphatic carboxylic acids is 1. The quantitative estimate of drug-likeness (QED) is 0.535. The number of nitrogens with one attached hydrogen (secondary N) is 1. The van der Waals surface area contributed by atoms with E-state index in [9.17, 15) is 24.3 Å². The predicted molar refractivity (Wildman–Crippen MR) is 115 cm³/mol. The van der Waals surface area contributed by atoms with Crippen LogP contribution in [0.15, 0.2) is 42.5 Å². The lowest BCUT2D eigenvalue weighted by molar-refractivity contribution is -0.147. The molecule has 4 unspecified atom stereocenters. The Labute approximate surface area is 189 Å². The van der Waals surface area contributed by atoms with Gasteiger partial charge in [-0.15, -0.1) is 0 Å². The van der Waals surface area contributed by atoms with E-state index in [1.807, 2.05) is 0 Å². The van der Waals surface area contributed by atoms with Gasteiger partial charge in [0.05, 0.1) is 17.5 Å². The largest absolute Gasteiger partial charge is 0.486 e. The van der Waals surface area contributed by atoms with Gasteiger partial charge >= 0.3 is 5.97 Å². The van der Waals surface area contributed by atoms with E-state index in [-0.39, 0.29) is 5.78 Å². The maximum absolute atomic E-state index is 13.5. The van der Waals surface area contributed by atoms with Crippen molar-refractivity contribution in [2.24, 2.45) is 11.8 Å². The number of amides is 2. The molecule has 0 bridgehead atoms. The van der Waals surface area contributed by atoms with E-state index in [0.29, 0.717) is 41.5 Å². The van der Waals surface area contributed by atoms with Crippen LogP contribution in [0.25, 0.3) is 0 Å². The molecule has 2 fully saturated rings. The van der Waals surface area contributed by atoms with Crippen LogP contribution in [-0.2, 0) is 14.4 Å². The minimum Gasteiger partial charge on any atom is -0.486 e.